The molecule has 43 heavy (non-hydrogen) atoms. The summed E-state index contributed by atoms with van der Waals surface area (Å²) < 4.78 is 51.3. The molecule has 230 valence electrons. The molecule has 11 nitrogen and oxygen atoms in total. The van der Waals surface area contributed by atoms with E-state index in [0.29, 0.717) is 28.1 Å². The summed E-state index contributed by atoms with van der Waals surface area (Å²) in [6, 6.07) is 8.30. The van der Waals surface area contributed by atoms with Gasteiger partial charge in [0.2, 0.25) is 0 Å². The Hall–Kier alpha value is -4.38. The Morgan fingerprint density at radius 2 is 2.02 bits per heavy atom. The van der Waals surface area contributed by atoms with E-state index in [0.717, 1.165) is 7.05 Å². The lowest BCUT2D eigenvalue weighted by molar-refractivity contribution is -0.176. The Morgan fingerprint density at radius 1 is 1.30 bits per heavy atom. The molecule has 1 aromatic carbocycles. The number of nitrogens with zero attached hydrogens (tertiary/aromatic N) is 4. The van der Waals surface area contributed by atoms with Crippen LogP contribution in [0.3, 0.4) is 0 Å². The van der Waals surface area contributed by atoms with Crippen LogP contribution in [0.5, 0.6) is 0 Å². The molecule has 1 amide bonds. The molecule has 4 rings (SSSR count). The Balaban J connectivity index is 1.65. The minimum Gasteiger partial charge on any atom is -0.458 e. The van der Waals surface area contributed by atoms with Crippen molar-refractivity contribution in [3.05, 3.63) is 51.9 Å². The largest absolute Gasteiger partial charge is 0.458 e. The number of amides is 1. The Morgan fingerprint density at radius 3 is 2.60 bits per heavy atom. The highest BCUT2D eigenvalue weighted by atomic mass is 19.4. The molecular weight excluding hydrogens is 569 g/mol. The fourth-order valence-electron chi connectivity index (χ4n) is 5.08. The Bertz CT molecular complexity index is 1620. The van der Waals surface area contributed by atoms with Gasteiger partial charge in [0, 0.05) is 24.5 Å². The number of nitrogens with one attached hydrogen (secondary N) is 2. The molecule has 2 aromatic heterocycles. The second kappa shape index (κ2) is 11.7. The fourth-order valence-corrected chi connectivity index (χ4v) is 5.08. The number of aromatic nitrogens is 3. The van der Waals surface area contributed by atoms with Crippen LogP contribution < -0.4 is 10.9 Å². The van der Waals surface area contributed by atoms with E-state index < -0.39 is 47.4 Å². The molecule has 2 atom stereocenters. The van der Waals surface area contributed by atoms with Crippen LogP contribution in [0, 0.1) is 18.3 Å². The van der Waals surface area contributed by atoms with Crippen LogP contribution >= 0.6 is 0 Å². The topological polar surface area (TPSA) is 142 Å². The molecule has 2 unspecified atom stereocenters. The third kappa shape index (κ3) is 6.99. The van der Waals surface area contributed by atoms with Gasteiger partial charge in [0.05, 0.1) is 30.2 Å². The minimum absolute atomic E-state index is 0.0155. The number of nitriles is 1. The number of fused-ring (bicyclic) bond motifs is 1. The molecule has 3 aromatic rings. The molecule has 1 aliphatic rings. The predicted molar refractivity (Wildman–Crippen MR) is 151 cm³/mol. The summed E-state index contributed by atoms with van der Waals surface area (Å²) in [5, 5.41) is 17.7. The number of aryl methyl sites for hydroxylation is 1. The second-order valence-corrected chi connectivity index (χ2v) is 11.7. The number of benzene rings is 1. The second-order valence-electron chi connectivity index (χ2n) is 11.7. The summed E-state index contributed by atoms with van der Waals surface area (Å²) in [6.45, 7) is 5.45. The zero-order valence-corrected chi connectivity index (χ0v) is 24.5. The number of rotatable bonds is 7. The average Bonchev–Trinajstić information content (AvgIpc) is 3.27. The zero-order chi connectivity index (χ0) is 31.7. The average molecular weight is 603 g/mol. The summed E-state index contributed by atoms with van der Waals surface area (Å²) in [7, 11) is 1.08. The molecule has 2 N–H and O–H groups in total. The van der Waals surface area contributed by atoms with Crippen molar-refractivity contribution in [1.29, 1.82) is 5.26 Å². The van der Waals surface area contributed by atoms with Crippen LogP contribution in [0.25, 0.3) is 10.9 Å². The molecule has 0 spiro atoms. The molecule has 0 radical (unpaired) electrons. The van der Waals surface area contributed by atoms with Crippen molar-refractivity contribution in [2.75, 3.05) is 25.5 Å². The summed E-state index contributed by atoms with van der Waals surface area (Å²) in [4.78, 5) is 41.4. The number of carbonyl (C=O) groups excluding carboxylic acids is 2. The first-order valence-electron chi connectivity index (χ1n) is 13.6. The van der Waals surface area contributed by atoms with Crippen LogP contribution in [0.2, 0.25) is 0 Å². The van der Waals surface area contributed by atoms with Crippen LogP contribution in [0.1, 0.15) is 56.0 Å². The van der Waals surface area contributed by atoms with Crippen molar-refractivity contribution in [2.24, 2.45) is 0 Å². The Labute approximate surface area is 245 Å². The van der Waals surface area contributed by atoms with E-state index in [9.17, 15) is 32.8 Å². The van der Waals surface area contributed by atoms with Gasteiger partial charge in [-0.05, 0) is 70.4 Å². The molecule has 3 heterocycles. The number of aromatic amines is 1. The lowest BCUT2D eigenvalue weighted by atomic mass is 9.87. The number of H-pyrrole nitrogens is 1. The monoisotopic (exact) mass is 602 g/mol. The summed E-state index contributed by atoms with van der Waals surface area (Å²) in [5.74, 6) is -1.12. The zero-order valence-electron chi connectivity index (χ0n) is 24.5. The van der Waals surface area contributed by atoms with Crippen molar-refractivity contribution in [3.63, 3.8) is 0 Å². The molecule has 0 saturated carbocycles. The molecule has 14 heteroatoms. The van der Waals surface area contributed by atoms with Crippen LogP contribution in [-0.4, -0.2) is 69.6 Å². The number of esters is 1. The summed E-state index contributed by atoms with van der Waals surface area (Å²) in [5.41, 5.74) is -0.758. The van der Waals surface area contributed by atoms with Gasteiger partial charge in [-0.15, -0.1) is 0 Å². The fraction of sp³-hybridized carbons (Fsp3) is 0.483. The molecule has 1 saturated heterocycles. The van der Waals surface area contributed by atoms with Crippen LogP contribution in [0.4, 0.5) is 24.7 Å². The third-order valence-electron chi connectivity index (χ3n) is 7.04. The van der Waals surface area contributed by atoms with E-state index >= 15 is 0 Å². The van der Waals surface area contributed by atoms with Crippen LogP contribution in [0.15, 0.2) is 35.3 Å². The SMILES string of the molecule is Cc1cc(Nc2nn(C3(CC#N)CCC(C(=O)OC(C)(C)C)OC3)c3cc[nH]c(=O)c23)ccc1C(=O)N(C)CC(F)(F)F. The number of hydrogen-bond donors (Lipinski definition) is 2. The number of carbonyl (C=O) groups is 2. The number of halogens is 3. The maximum Gasteiger partial charge on any atom is 0.406 e. The molecule has 0 bridgehead atoms. The standard InChI is InChI=1S/C29H33F3N6O5/c1-17-14-18(6-7-19(17)25(40)37(5)15-29(30,31)32)35-23-22-20(9-13-34-24(22)39)38(36-23)28(11-12-33)10-8-21(42-16-28)26(41)43-27(2,3)4/h6-7,9,13-14,21H,8,10-11,15-16H2,1-5H3,(H,34,39)(H,35,36). The lowest BCUT2D eigenvalue weighted by Crippen LogP contribution is -2.47. The highest BCUT2D eigenvalue weighted by Crippen LogP contribution is 2.37. The number of hydrogen-bond acceptors (Lipinski definition) is 8. The number of ether oxygens (including phenoxy) is 2. The molecule has 0 aliphatic carbocycles. The van der Waals surface area contributed by atoms with E-state index in [2.05, 4.69) is 21.5 Å². The van der Waals surface area contributed by atoms with Gasteiger partial charge in [-0.2, -0.15) is 23.5 Å². The quantitative estimate of drug-likeness (QED) is 0.376. The van der Waals surface area contributed by atoms with Gasteiger partial charge in [-0.1, -0.05) is 0 Å². The molecule has 1 fully saturated rings. The van der Waals surface area contributed by atoms with Gasteiger partial charge in [0.25, 0.3) is 11.5 Å². The van der Waals surface area contributed by atoms with Crippen molar-refractivity contribution >= 4 is 34.3 Å². The molecule has 1 aliphatic heterocycles. The third-order valence-corrected chi connectivity index (χ3v) is 7.04. The maximum atomic E-state index is 13.0. The van der Waals surface area contributed by atoms with Crippen molar-refractivity contribution in [1.82, 2.24) is 19.7 Å². The van der Waals surface area contributed by atoms with Crippen molar-refractivity contribution in [3.8, 4) is 6.07 Å². The van der Waals surface area contributed by atoms with E-state index in [1.54, 1.807) is 44.5 Å². The first-order valence-corrected chi connectivity index (χ1v) is 13.6. The van der Waals surface area contributed by atoms with Gasteiger partial charge in [-0.3, -0.25) is 14.3 Å². The van der Waals surface area contributed by atoms with E-state index in [1.807, 2.05) is 0 Å². The molecular formula is C29H33F3N6O5. The highest BCUT2D eigenvalue weighted by Gasteiger charge is 2.43. The van der Waals surface area contributed by atoms with Gasteiger partial charge >= 0.3 is 12.1 Å². The lowest BCUT2D eigenvalue weighted by Gasteiger charge is -2.39. The van der Waals surface area contributed by atoms with Gasteiger partial charge < -0.3 is 24.7 Å². The maximum absolute atomic E-state index is 13.0. The number of pyridine rings is 1. The summed E-state index contributed by atoms with van der Waals surface area (Å²) in [6.07, 6.45) is -3.29. The normalized spacial score (nSPS) is 19.1. The van der Waals surface area contributed by atoms with E-state index in [4.69, 9.17) is 9.47 Å². The summed E-state index contributed by atoms with van der Waals surface area (Å²) >= 11 is 0. The number of anilines is 2. The smallest absolute Gasteiger partial charge is 0.406 e. The van der Waals surface area contributed by atoms with Crippen molar-refractivity contribution < 1.29 is 32.2 Å². The van der Waals surface area contributed by atoms with E-state index in [1.165, 1.54) is 18.3 Å². The van der Waals surface area contributed by atoms with Gasteiger partial charge in [0.1, 0.15) is 17.5 Å². The Kier molecular flexibility index (Phi) is 8.60. The van der Waals surface area contributed by atoms with Gasteiger partial charge in [0.15, 0.2) is 11.9 Å². The van der Waals surface area contributed by atoms with Crippen LogP contribution in [-0.2, 0) is 19.8 Å². The number of alkyl halides is 3. The predicted octanol–water partition coefficient (Wildman–Crippen LogP) is 4.54. The van der Waals surface area contributed by atoms with Gasteiger partial charge in [-0.25, -0.2) is 4.79 Å². The first-order chi connectivity index (χ1) is 20.0. The minimum atomic E-state index is -4.53. The first kappa shape index (κ1) is 31.6. The van der Waals surface area contributed by atoms with Crippen molar-refractivity contribution in [2.45, 2.75) is 70.4 Å². The van der Waals surface area contributed by atoms with E-state index in [-0.39, 0.29) is 36.2 Å². The highest BCUT2D eigenvalue weighted by molar-refractivity contribution is 5.96.